The molecule has 8 N–H and O–H groups in total. The minimum atomic E-state index is -1.77. The van der Waals surface area contributed by atoms with Crippen molar-refractivity contribution in [1.82, 2.24) is 5.32 Å². The summed E-state index contributed by atoms with van der Waals surface area (Å²) in [4.78, 5) is 11.4. The van der Waals surface area contributed by atoms with Gasteiger partial charge in [-0.3, -0.25) is 4.79 Å². The zero-order valence-electron chi connectivity index (χ0n) is 14.0. The van der Waals surface area contributed by atoms with Gasteiger partial charge in [-0.2, -0.15) is 0 Å². The van der Waals surface area contributed by atoms with Gasteiger partial charge in [-0.1, -0.05) is 0 Å². The van der Waals surface area contributed by atoms with Gasteiger partial charge >= 0.3 is 0 Å². The first-order valence-corrected chi connectivity index (χ1v) is 8.06. The summed E-state index contributed by atoms with van der Waals surface area (Å²) in [5.41, 5.74) is 0. The number of nitrogens with one attached hydrogen (secondary N) is 1. The van der Waals surface area contributed by atoms with Gasteiger partial charge in [-0.25, -0.2) is 0 Å². The van der Waals surface area contributed by atoms with E-state index in [1.807, 2.05) is 0 Å². The van der Waals surface area contributed by atoms with Crippen LogP contribution in [-0.4, -0.2) is 116 Å². The summed E-state index contributed by atoms with van der Waals surface area (Å²) in [5.74, 6) is -0.581. The van der Waals surface area contributed by atoms with Crippen molar-refractivity contribution in [1.29, 1.82) is 0 Å². The third-order valence-corrected chi connectivity index (χ3v) is 4.38. The van der Waals surface area contributed by atoms with E-state index in [-0.39, 0.29) is 0 Å². The standard InChI is InChI=1S/C14H25NO11/c1-4(18)15-7-10(21)8(19)5(2-16)25-14(7)26-12-9(20)6(3-17)24-13(23)11(12)22/h5-14,16-17,19-23H,2-3H2,1H3,(H,15,18)/t5-,6+,7+,8+,9+,10-,11+,12-,13+,14+/m1/s1. The van der Waals surface area contributed by atoms with Crippen LogP contribution in [0.15, 0.2) is 0 Å². The van der Waals surface area contributed by atoms with E-state index in [2.05, 4.69) is 5.32 Å². The number of aliphatic hydroxyl groups is 7. The number of rotatable bonds is 5. The Morgan fingerprint density at radius 3 is 2.04 bits per heavy atom. The second kappa shape index (κ2) is 8.84. The van der Waals surface area contributed by atoms with Crippen LogP contribution in [0.5, 0.6) is 0 Å². The van der Waals surface area contributed by atoms with Gasteiger partial charge in [-0.15, -0.1) is 0 Å². The molecule has 0 unspecified atom stereocenters. The predicted molar refractivity (Wildman–Crippen MR) is 80.2 cm³/mol. The summed E-state index contributed by atoms with van der Waals surface area (Å²) in [5, 5.41) is 70.8. The van der Waals surface area contributed by atoms with Crippen LogP contribution in [0.4, 0.5) is 0 Å². The molecule has 0 bridgehead atoms. The molecule has 2 saturated heterocycles. The van der Waals surface area contributed by atoms with Gasteiger partial charge in [0.2, 0.25) is 5.91 Å². The van der Waals surface area contributed by atoms with E-state index in [1.165, 1.54) is 0 Å². The van der Waals surface area contributed by atoms with Crippen molar-refractivity contribution in [3.63, 3.8) is 0 Å². The van der Waals surface area contributed by atoms with E-state index >= 15 is 0 Å². The molecule has 26 heavy (non-hydrogen) atoms. The molecule has 0 radical (unpaired) electrons. The maximum Gasteiger partial charge on any atom is 0.217 e. The predicted octanol–water partition coefficient (Wildman–Crippen LogP) is -5.25. The topological polar surface area (TPSA) is 198 Å². The van der Waals surface area contributed by atoms with Crippen LogP contribution in [-0.2, 0) is 19.0 Å². The normalized spacial score (nSPS) is 46.8. The molecule has 2 fully saturated rings. The fourth-order valence-corrected chi connectivity index (χ4v) is 2.97. The van der Waals surface area contributed by atoms with Crippen LogP contribution >= 0.6 is 0 Å². The average Bonchev–Trinajstić information content (AvgIpc) is 2.60. The number of amides is 1. The fraction of sp³-hybridized carbons (Fsp3) is 0.929. The minimum absolute atomic E-state index is 0.581. The Hall–Kier alpha value is -0.930. The van der Waals surface area contributed by atoms with Crippen molar-refractivity contribution >= 4 is 5.91 Å². The fourth-order valence-electron chi connectivity index (χ4n) is 2.97. The van der Waals surface area contributed by atoms with E-state index in [1.54, 1.807) is 0 Å². The molecular weight excluding hydrogens is 358 g/mol. The number of carbonyl (C=O) groups is 1. The molecule has 152 valence electrons. The monoisotopic (exact) mass is 383 g/mol. The quantitative estimate of drug-likeness (QED) is 0.226. The summed E-state index contributed by atoms with van der Waals surface area (Å²) < 4.78 is 15.6. The van der Waals surface area contributed by atoms with Gasteiger partial charge in [0.25, 0.3) is 0 Å². The molecule has 2 heterocycles. The summed E-state index contributed by atoms with van der Waals surface area (Å²) >= 11 is 0. The highest BCUT2D eigenvalue weighted by molar-refractivity contribution is 5.73. The molecule has 10 atom stereocenters. The van der Waals surface area contributed by atoms with Crippen molar-refractivity contribution in [2.45, 2.75) is 68.3 Å². The molecule has 0 aromatic heterocycles. The zero-order chi connectivity index (χ0) is 19.6. The third-order valence-electron chi connectivity index (χ3n) is 4.38. The molecule has 2 rings (SSSR count). The smallest absolute Gasteiger partial charge is 0.217 e. The van der Waals surface area contributed by atoms with Crippen LogP contribution in [0, 0.1) is 0 Å². The second-order valence-electron chi connectivity index (χ2n) is 6.26. The summed E-state index contributed by atoms with van der Waals surface area (Å²) in [6, 6.07) is -1.29. The highest BCUT2D eigenvalue weighted by atomic mass is 16.7. The van der Waals surface area contributed by atoms with Gasteiger partial charge in [0, 0.05) is 6.92 Å². The highest BCUT2D eigenvalue weighted by Crippen LogP contribution is 2.28. The Morgan fingerprint density at radius 2 is 1.50 bits per heavy atom. The number of carbonyl (C=O) groups excluding carboxylic acids is 1. The molecule has 0 aliphatic carbocycles. The minimum Gasteiger partial charge on any atom is -0.394 e. The highest BCUT2D eigenvalue weighted by Gasteiger charge is 2.50. The van der Waals surface area contributed by atoms with Gasteiger partial charge < -0.3 is 55.3 Å². The molecule has 0 aromatic carbocycles. The molecular formula is C14H25NO11. The Kier molecular flexibility index (Phi) is 7.27. The molecule has 12 heteroatoms. The molecule has 0 spiro atoms. The average molecular weight is 383 g/mol. The van der Waals surface area contributed by atoms with E-state index in [4.69, 9.17) is 14.2 Å². The Labute approximate surface area is 148 Å². The maximum absolute atomic E-state index is 11.4. The number of hydrogen-bond acceptors (Lipinski definition) is 11. The number of aliphatic hydroxyl groups excluding tert-OH is 7. The largest absolute Gasteiger partial charge is 0.394 e. The summed E-state index contributed by atoms with van der Waals surface area (Å²) in [7, 11) is 0. The van der Waals surface area contributed by atoms with E-state index in [0.29, 0.717) is 0 Å². The van der Waals surface area contributed by atoms with Crippen molar-refractivity contribution in [3.05, 3.63) is 0 Å². The lowest BCUT2D eigenvalue weighted by Gasteiger charge is -2.46. The van der Waals surface area contributed by atoms with Crippen LogP contribution in [0.3, 0.4) is 0 Å². The summed E-state index contributed by atoms with van der Waals surface area (Å²) in [6.07, 6.45) is -13.7. The number of hydrogen-bond donors (Lipinski definition) is 8. The molecule has 0 aromatic rings. The van der Waals surface area contributed by atoms with Crippen molar-refractivity contribution in [2.75, 3.05) is 13.2 Å². The third kappa shape index (κ3) is 4.31. The van der Waals surface area contributed by atoms with Crippen LogP contribution in [0.1, 0.15) is 6.92 Å². The van der Waals surface area contributed by atoms with Crippen molar-refractivity contribution in [3.8, 4) is 0 Å². The van der Waals surface area contributed by atoms with E-state index in [0.717, 1.165) is 6.92 Å². The zero-order valence-corrected chi connectivity index (χ0v) is 14.0. The first kappa shape index (κ1) is 21.4. The lowest BCUT2D eigenvalue weighted by atomic mass is 9.95. The van der Waals surface area contributed by atoms with Gasteiger partial charge in [0.15, 0.2) is 12.6 Å². The van der Waals surface area contributed by atoms with Crippen LogP contribution in [0.2, 0.25) is 0 Å². The number of ether oxygens (including phenoxy) is 3. The van der Waals surface area contributed by atoms with Crippen LogP contribution in [0.25, 0.3) is 0 Å². The lowest BCUT2D eigenvalue weighted by molar-refractivity contribution is -0.341. The van der Waals surface area contributed by atoms with Gasteiger partial charge in [0.05, 0.1) is 13.2 Å². The molecule has 2 aliphatic rings. The van der Waals surface area contributed by atoms with Gasteiger partial charge in [0.1, 0.15) is 48.8 Å². The maximum atomic E-state index is 11.4. The Bertz CT molecular complexity index is 480. The van der Waals surface area contributed by atoms with E-state index < -0.39 is 80.5 Å². The first-order valence-electron chi connectivity index (χ1n) is 8.06. The van der Waals surface area contributed by atoms with Crippen molar-refractivity contribution in [2.24, 2.45) is 0 Å². The van der Waals surface area contributed by atoms with Crippen LogP contribution < -0.4 is 5.32 Å². The van der Waals surface area contributed by atoms with Gasteiger partial charge in [-0.05, 0) is 0 Å². The van der Waals surface area contributed by atoms with E-state index in [9.17, 15) is 40.5 Å². The second-order valence-corrected chi connectivity index (χ2v) is 6.26. The molecule has 0 saturated carbocycles. The Morgan fingerprint density at radius 1 is 0.923 bits per heavy atom. The SMILES string of the molecule is CC(=O)N[C@@H]1[C@H](O[C@@H]2[C@@H](O)[C@H](CO)O[C@H](O)[C@H]2O)O[C@H](CO)[C@H](O)[C@@H]1O. The van der Waals surface area contributed by atoms with Crippen molar-refractivity contribution < 1.29 is 54.8 Å². The lowest BCUT2D eigenvalue weighted by Crippen LogP contribution is -2.67. The molecule has 2 aliphatic heterocycles. The molecule has 12 nitrogen and oxygen atoms in total. The first-order chi connectivity index (χ1) is 12.2. The summed E-state index contributed by atoms with van der Waals surface area (Å²) in [6.45, 7) is -0.199. The molecule has 1 amide bonds. The Balaban J connectivity index is 2.22.